The fourth-order valence-corrected chi connectivity index (χ4v) is 2.29. The summed E-state index contributed by atoms with van der Waals surface area (Å²) in [7, 11) is 0. The standard InChI is InChI=1S/C15H32N2O/c1-11(2)15(18)17(14(7)8)10-9-16(12(3)4)13(5)6/h11-14H,9-10H2,1-8H3. The molecule has 0 unspecified atom stereocenters. The van der Waals surface area contributed by atoms with Gasteiger partial charge in [-0.25, -0.2) is 0 Å². The Morgan fingerprint density at radius 3 is 1.50 bits per heavy atom. The summed E-state index contributed by atoms with van der Waals surface area (Å²) >= 11 is 0. The minimum Gasteiger partial charge on any atom is -0.339 e. The van der Waals surface area contributed by atoms with E-state index in [0.29, 0.717) is 12.1 Å². The molecule has 0 rings (SSSR count). The first-order valence-electron chi connectivity index (χ1n) is 7.24. The van der Waals surface area contributed by atoms with E-state index in [4.69, 9.17) is 0 Å². The Kier molecular flexibility index (Phi) is 7.53. The summed E-state index contributed by atoms with van der Waals surface area (Å²) in [6.07, 6.45) is 0. The molecule has 0 fully saturated rings. The van der Waals surface area contributed by atoms with Crippen molar-refractivity contribution < 1.29 is 4.79 Å². The number of rotatable bonds is 7. The highest BCUT2D eigenvalue weighted by Crippen LogP contribution is 2.09. The molecule has 0 aromatic rings. The molecule has 0 heterocycles. The van der Waals surface area contributed by atoms with Crippen molar-refractivity contribution in [1.82, 2.24) is 9.80 Å². The molecule has 0 aliphatic carbocycles. The molecule has 0 saturated heterocycles. The summed E-state index contributed by atoms with van der Waals surface area (Å²) < 4.78 is 0. The van der Waals surface area contributed by atoms with Crippen LogP contribution in [0.1, 0.15) is 55.4 Å². The lowest BCUT2D eigenvalue weighted by Crippen LogP contribution is -2.47. The number of amides is 1. The lowest BCUT2D eigenvalue weighted by Gasteiger charge is -2.35. The molecule has 0 radical (unpaired) electrons. The van der Waals surface area contributed by atoms with Crippen molar-refractivity contribution in [3.63, 3.8) is 0 Å². The van der Waals surface area contributed by atoms with E-state index in [2.05, 4.69) is 46.4 Å². The Morgan fingerprint density at radius 1 is 0.778 bits per heavy atom. The van der Waals surface area contributed by atoms with Crippen LogP contribution in [0.25, 0.3) is 0 Å². The predicted octanol–water partition coefficient (Wildman–Crippen LogP) is 3.00. The Labute approximate surface area is 114 Å². The summed E-state index contributed by atoms with van der Waals surface area (Å²) in [5, 5.41) is 0. The summed E-state index contributed by atoms with van der Waals surface area (Å²) in [6.45, 7) is 18.8. The van der Waals surface area contributed by atoms with E-state index in [1.165, 1.54) is 0 Å². The normalized spacial score (nSPS) is 12.3. The number of carbonyl (C=O) groups excluding carboxylic acids is 1. The van der Waals surface area contributed by atoms with Crippen molar-refractivity contribution in [3.05, 3.63) is 0 Å². The van der Waals surface area contributed by atoms with Crippen LogP contribution in [0.2, 0.25) is 0 Å². The van der Waals surface area contributed by atoms with E-state index in [0.717, 1.165) is 13.1 Å². The average Bonchev–Trinajstić information content (AvgIpc) is 2.21. The van der Waals surface area contributed by atoms with Gasteiger partial charge >= 0.3 is 0 Å². The van der Waals surface area contributed by atoms with Gasteiger partial charge in [-0.05, 0) is 41.5 Å². The van der Waals surface area contributed by atoms with Crippen LogP contribution in [0.5, 0.6) is 0 Å². The fraction of sp³-hybridized carbons (Fsp3) is 0.933. The van der Waals surface area contributed by atoms with Crippen molar-refractivity contribution in [2.45, 2.75) is 73.5 Å². The maximum Gasteiger partial charge on any atom is 0.225 e. The quantitative estimate of drug-likeness (QED) is 0.699. The van der Waals surface area contributed by atoms with E-state index in [-0.39, 0.29) is 17.9 Å². The van der Waals surface area contributed by atoms with Gasteiger partial charge < -0.3 is 4.90 Å². The van der Waals surface area contributed by atoms with Crippen molar-refractivity contribution in [3.8, 4) is 0 Å². The average molecular weight is 256 g/mol. The third kappa shape index (κ3) is 5.38. The molecule has 0 atom stereocenters. The zero-order valence-electron chi connectivity index (χ0n) is 13.5. The second-order valence-electron chi connectivity index (χ2n) is 6.21. The fourth-order valence-electron chi connectivity index (χ4n) is 2.29. The first kappa shape index (κ1) is 17.4. The summed E-state index contributed by atoms with van der Waals surface area (Å²) in [5.74, 6) is 0.344. The molecular weight excluding hydrogens is 224 g/mol. The first-order valence-corrected chi connectivity index (χ1v) is 7.24. The van der Waals surface area contributed by atoms with Crippen LogP contribution in [-0.4, -0.2) is 46.9 Å². The monoisotopic (exact) mass is 256 g/mol. The minimum absolute atomic E-state index is 0.0824. The van der Waals surface area contributed by atoms with E-state index >= 15 is 0 Å². The summed E-state index contributed by atoms with van der Waals surface area (Å²) in [5.41, 5.74) is 0. The SMILES string of the molecule is CC(C)C(=O)N(CCN(C(C)C)C(C)C)C(C)C. The highest BCUT2D eigenvalue weighted by Gasteiger charge is 2.21. The third-order valence-corrected chi connectivity index (χ3v) is 3.33. The molecule has 0 bridgehead atoms. The molecular formula is C15H32N2O. The van der Waals surface area contributed by atoms with E-state index in [1.807, 2.05) is 18.7 Å². The largest absolute Gasteiger partial charge is 0.339 e. The summed E-state index contributed by atoms with van der Waals surface area (Å²) in [4.78, 5) is 16.6. The molecule has 18 heavy (non-hydrogen) atoms. The van der Waals surface area contributed by atoms with Crippen LogP contribution in [0.3, 0.4) is 0 Å². The number of hydrogen-bond acceptors (Lipinski definition) is 2. The molecule has 0 aliphatic rings. The molecule has 3 heteroatoms. The predicted molar refractivity (Wildman–Crippen MR) is 78.7 cm³/mol. The van der Waals surface area contributed by atoms with Gasteiger partial charge in [-0.1, -0.05) is 13.8 Å². The lowest BCUT2D eigenvalue weighted by molar-refractivity contribution is -0.136. The highest BCUT2D eigenvalue weighted by molar-refractivity contribution is 5.78. The van der Waals surface area contributed by atoms with Crippen LogP contribution in [0, 0.1) is 5.92 Å². The van der Waals surface area contributed by atoms with Gasteiger partial charge in [0, 0.05) is 37.1 Å². The minimum atomic E-state index is 0.0824. The molecule has 1 amide bonds. The maximum atomic E-state index is 12.1. The van der Waals surface area contributed by atoms with Crippen molar-refractivity contribution in [1.29, 1.82) is 0 Å². The number of nitrogens with zero attached hydrogens (tertiary/aromatic N) is 2. The van der Waals surface area contributed by atoms with E-state index in [9.17, 15) is 4.79 Å². The van der Waals surface area contributed by atoms with Crippen molar-refractivity contribution in [2.75, 3.05) is 13.1 Å². The zero-order valence-corrected chi connectivity index (χ0v) is 13.5. The smallest absolute Gasteiger partial charge is 0.225 e. The van der Waals surface area contributed by atoms with Crippen LogP contribution in [0.15, 0.2) is 0 Å². The Morgan fingerprint density at radius 2 is 1.22 bits per heavy atom. The highest BCUT2D eigenvalue weighted by atomic mass is 16.2. The molecule has 0 aromatic carbocycles. The van der Waals surface area contributed by atoms with Crippen LogP contribution in [-0.2, 0) is 4.79 Å². The second-order valence-corrected chi connectivity index (χ2v) is 6.21. The van der Waals surface area contributed by atoms with Crippen molar-refractivity contribution >= 4 is 5.91 Å². The maximum absolute atomic E-state index is 12.1. The Balaban J connectivity index is 4.57. The molecule has 0 spiro atoms. The van der Waals surface area contributed by atoms with E-state index < -0.39 is 0 Å². The van der Waals surface area contributed by atoms with Gasteiger partial charge in [-0.3, -0.25) is 9.69 Å². The second kappa shape index (κ2) is 7.78. The van der Waals surface area contributed by atoms with Gasteiger partial charge in [0.1, 0.15) is 0 Å². The van der Waals surface area contributed by atoms with Gasteiger partial charge in [-0.15, -0.1) is 0 Å². The third-order valence-electron chi connectivity index (χ3n) is 3.33. The van der Waals surface area contributed by atoms with Gasteiger partial charge in [0.15, 0.2) is 0 Å². The topological polar surface area (TPSA) is 23.6 Å². The van der Waals surface area contributed by atoms with Gasteiger partial charge in [0.2, 0.25) is 5.91 Å². The molecule has 0 aliphatic heterocycles. The molecule has 0 N–H and O–H groups in total. The van der Waals surface area contributed by atoms with Crippen LogP contribution < -0.4 is 0 Å². The van der Waals surface area contributed by atoms with E-state index in [1.54, 1.807) is 0 Å². The lowest BCUT2D eigenvalue weighted by atomic mass is 10.1. The van der Waals surface area contributed by atoms with Gasteiger partial charge in [0.25, 0.3) is 0 Å². The Hall–Kier alpha value is -0.570. The molecule has 3 nitrogen and oxygen atoms in total. The van der Waals surface area contributed by atoms with Crippen LogP contribution >= 0.6 is 0 Å². The summed E-state index contributed by atoms with van der Waals surface area (Å²) in [6, 6.07) is 1.32. The van der Waals surface area contributed by atoms with Gasteiger partial charge in [-0.2, -0.15) is 0 Å². The van der Waals surface area contributed by atoms with Crippen LogP contribution in [0.4, 0.5) is 0 Å². The molecule has 108 valence electrons. The van der Waals surface area contributed by atoms with Crippen molar-refractivity contribution in [2.24, 2.45) is 5.92 Å². The Bertz CT molecular complexity index is 239. The van der Waals surface area contributed by atoms with Gasteiger partial charge in [0.05, 0.1) is 0 Å². The molecule has 0 aromatic heterocycles. The number of hydrogen-bond donors (Lipinski definition) is 0. The number of carbonyl (C=O) groups is 1. The first-order chi connectivity index (χ1) is 8.18. The molecule has 0 saturated carbocycles. The zero-order chi connectivity index (χ0) is 14.5.